The number of aliphatic hydroxyl groups is 1. The summed E-state index contributed by atoms with van der Waals surface area (Å²) >= 11 is 0. The number of rotatable bonds is 8. The fraction of sp³-hybridized carbons (Fsp3) is 0.316. The number of hydrogen-bond acceptors (Lipinski definition) is 4. The van der Waals surface area contributed by atoms with Crippen LogP contribution in [-0.2, 0) is 11.2 Å². The van der Waals surface area contributed by atoms with Crippen molar-refractivity contribution in [1.82, 2.24) is 5.32 Å². The first-order valence-corrected chi connectivity index (χ1v) is 7.92. The molecule has 1 unspecified atom stereocenters. The second kappa shape index (κ2) is 9.08. The van der Waals surface area contributed by atoms with E-state index in [-0.39, 0.29) is 5.97 Å². The highest BCUT2D eigenvalue weighted by atomic mass is 16.5. The van der Waals surface area contributed by atoms with Crippen molar-refractivity contribution in [1.29, 1.82) is 0 Å². The van der Waals surface area contributed by atoms with Crippen LogP contribution < -0.4 is 10.1 Å². The molecule has 23 heavy (non-hydrogen) atoms. The molecule has 0 aliphatic rings. The van der Waals surface area contributed by atoms with E-state index in [4.69, 9.17) is 4.74 Å². The van der Waals surface area contributed by atoms with Gasteiger partial charge in [-0.2, -0.15) is 0 Å². The molecule has 0 heterocycles. The van der Waals surface area contributed by atoms with Crippen molar-refractivity contribution in [3.05, 3.63) is 65.7 Å². The minimum Gasteiger partial charge on any atom is -0.427 e. The van der Waals surface area contributed by atoms with Crippen molar-refractivity contribution < 1.29 is 14.6 Å². The summed E-state index contributed by atoms with van der Waals surface area (Å²) in [7, 11) is 0. The predicted octanol–water partition coefficient (Wildman–Crippen LogP) is 2.87. The average Bonchev–Trinajstić information content (AvgIpc) is 2.60. The molecule has 0 amide bonds. The topological polar surface area (TPSA) is 58.6 Å². The van der Waals surface area contributed by atoms with Gasteiger partial charge in [-0.25, -0.2) is 0 Å². The first-order valence-electron chi connectivity index (χ1n) is 7.92. The summed E-state index contributed by atoms with van der Waals surface area (Å²) in [6, 6.07) is 17.1. The molecule has 0 aliphatic carbocycles. The maximum Gasteiger partial charge on any atom is 0.310 e. The Labute approximate surface area is 137 Å². The van der Waals surface area contributed by atoms with Gasteiger partial charge in [-0.15, -0.1) is 0 Å². The molecule has 2 rings (SSSR count). The van der Waals surface area contributed by atoms with Gasteiger partial charge in [0, 0.05) is 13.0 Å². The molecule has 2 aromatic rings. The van der Waals surface area contributed by atoms with E-state index in [1.54, 1.807) is 6.92 Å². The van der Waals surface area contributed by atoms with Crippen molar-refractivity contribution in [3.8, 4) is 5.75 Å². The molecular weight excluding hydrogens is 290 g/mol. The molecule has 1 atom stereocenters. The zero-order valence-electron chi connectivity index (χ0n) is 13.4. The Morgan fingerprint density at radius 3 is 2.48 bits per heavy atom. The van der Waals surface area contributed by atoms with Crippen LogP contribution in [0.25, 0.3) is 0 Å². The van der Waals surface area contributed by atoms with Crippen LogP contribution in [0.3, 0.4) is 0 Å². The normalized spacial score (nSPS) is 11.9. The summed E-state index contributed by atoms with van der Waals surface area (Å²) in [6.45, 7) is 3.07. The van der Waals surface area contributed by atoms with E-state index in [1.807, 2.05) is 54.6 Å². The lowest BCUT2D eigenvalue weighted by Gasteiger charge is -2.12. The third-order valence-electron chi connectivity index (χ3n) is 3.56. The van der Waals surface area contributed by atoms with Crippen LogP contribution in [0.4, 0.5) is 0 Å². The van der Waals surface area contributed by atoms with Crippen LogP contribution in [0, 0.1) is 0 Å². The minimum atomic E-state index is -0.493. The maximum atomic E-state index is 11.2. The smallest absolute Gasteiger partial charge is 0.310 e. The molecule has 0 bridgehead atoms. The largest absolute Gasteiger partial charge is 0.427 e. The van der Waals surface area contributed by atoms with Crippen LogP contribution in [0.15, 0.2) is 54.6 Å². The van der Waals surface area contributed by atoms with Crippen LogP contribution in [0.5, 0.6) is 5.75 Å². The van der Waals surface area contributed by atoms with Crippen molar-refractivity contribution in [2.75, 3.05) is 13.1 Å². The fourth-order valence-corrected chi connectivity index (χ4v) is 2.19. The van der Waals surface area contributed by atoms with Crippen molar-refractivity contribution in [2.24, 2.45) is 0 Å². The Morgan fingerprint density at radius 1 is 1.13 bits per heavy atom. The molecule has 122 valence electrons. The highest BCUT2D eigenvalue weighted by Crippen LogP contribution is 2.13. The number of carbonyl (C=O) groups excluding carboxylic acids is 1. The minimum absolute atomic E-state index is 0.227. The third-order valence-corrected chi connectivity index (χ3v) is 3.56. The number of benzene rings is 2. The van der Waals surface area contributed by atoms with Crippen LogP contribution in [-0.4, -0.2) is 24.2 Å². The summed E-state index contributed by atoms with van der Waals surface area (Å²) in [5, 5.41) is 13.3. The number of esters is 1. The SMILES string of the molecule is CCC(=O)Oc1ccc(CCNCC(O)c2ccccc2)cc1. The molecule has 0 aromatic heterocycles. The van der Waals surface area contributed by atoms with Crippen LogP contribution in [0.2, 0.25) is 0 Å². The lowest BCUT2D eigenvalue weighted by atomic mass is 10.1. The van der Waals surface area contributed by atoms with Gasteiger partial charge in [0.1, 0.15) is 5.75 Å². The summed E-state index contributed by atoms with van der Waals surface area (Å²) in [4.78, 5) is 11.2. The maximum absolute atomic E-state index is 11.2. The Morgan fingerprint density at radius 2 is 1.83 bits per heavy atom. The van der Waals surface area contributed by atoms with Crippen LogP contribution >= 0.6 is 0 Å². The third kappa shape index (κ3) is 5.85. The highest BCUT2D eigenvalue weighted by molar-refractivity contribution is 5.71. The summed E-state index contributed by atoms with van der Waals surface area (Å²) in [5.74, 6) is 0.349. The zero-order valence-corrected chi connectivity index (χ0v) is 13.4. The highest BCUT2D eigenvalue weighted by Gasteiger charge is 2.06. The molecule has 4 heteroatoms. The molecule has 2 aromatic carbocycles. The fourth-order valence-electron chi connectivity index (χ4n) is 2.19. The number of nitrogens with one attached hydrogen (secondary N) is 1. The van der Waals surface area contributed by atoms with Crippen molar-refractivity contribution in [2.45, 2.75) is 25.9 Å². The van der Waals surface area contributed by atoms with E-state index in [0.717, 1.165) is 24.1 Å². The molecule has 0 aliphatic heterocycles. The summed E-state index contributed by atoms with van der Waals surface area (Å²) < 4.78 is 5.14. The Balaban J connectivity index is 1.71. The van der Waals surface area contributed by atoms with Crippen molar-refractivity contribution >= 4 is 5.97 Å². The van der Waals surface area contributed by atoms with E-state index in [0.29, 0.717) is 18.7 Å². The molecule has 0 fully saturated rings. The first-order chi connectivity index (χ1) is 11.2. The number of aliphatic hydroxyl groups excluding tert-OH is 1. The molecule has 0 saturated carbocycles. The summed E-state index contributed by atoms with van der Waals surface area (Å²) in [5.41, 5.74) is 2.07. The van der Waals surface area contributed by atoms with Gasteiger partial charge in [0.25, 0.3) is 0 Å². The van der Waals surface area contributed by atoms with E-state index >= 15 is 0 Å². The van der Waals surface area contributed by atoms with Gasteiger partial charge in [-0.3, -0.25) is 4.79 Å². The monoisotopic (exact) mass is 313 g/mol. The van der Waals surface area contributed by atoms with Gasteiger partial charge in [-0.1, -0.05) is 49.4 Å². The van der Waals surface area contributed by atoms with Gasteiger partial charge >= 0.3 is 5.97 Å². The number of carbonyl (C=O) groups is 1. The molecule has 0 radical (unpaired) electrons. The molecular formula is C19H23NO3. The number of ether oxygens (including phenoxy) is 1. The van der Waals surface area contributed by atoms with Gasteiger partial charge < -0.3 is 15.2 Å². The van der Waals surface area contributed by atoms with Gasteiger partial charge in [0.2, 0.25) is 0 Å². The Bertz CT molecular complexity index is 596. The molecule has 0 saturated heterocycles. The quantitative estimate of drug-likeness (QED) is 0.447. The predicted molar refractivity (Wildman–Crippen MR) is 90.3 cm³/mol. The first kappa shape index (κ1) is 17.2. The number of hydrogen-bond donors (Lipinski definition) is 2. The standard InChI is InChI=1S/C19H23NO3/c1-2-19(22)23-17-10-8-15(9-11-17)12-13-20-14-18(21)16-6-4-3-5-7-16/h3-11,18,20-21H,2,12-14H2,1H3. The second-order valence-corrected chi connectivity index (χ2v) is 5.35. The lowest BCUT2D eigenvalue weighted by molar-refractivity contribution is -0.134. The average molecular weight is 313 g/mol. The van der Waals surface area contributed by atoms with Gasteiger partial charge in [0.05, 0.1) is 6.10 Å². The lowest BCUT2D eigenvalue weighted by Crippen LogP contribution is -2.23. The zero-order chi connectivity index (χ0) is 16.5. The second-order valence-electron chi connectivity index (χ2n) is 5.35. The summed E-state index contributed by atoms with van der Waals surface area (Å²) in [6.07, 6.45) is 0.728. The van der Waals surface area contributed by atoms with Gasteiger partial charge in [-0.05, 0) is 36.2 Å². The Kier molecular flexibility index (Phi) is 6.78. The van der Waals surface area contributed by atoms with E-state index in [1.165, 1.54) is 0 Å². The van der Waals surface area contributed by atoms with Gasteiger partial charge in [0.15, 0.2) is 0 Å². The molecule has 0 spiro atoms. The van der Waals surface area contributed by atoms with Crippen LogP contribution in [0.1, 0.15) is 30.6 Å². The van der Waals surface area contributed by atoms with Crippen molar-refractivity contribution in [3.63, 3.8) is 0 Å². The Hall–Kier alpha value is -2.17. The van der Waals surface area contributed by atoms with E-state index in [2.05, 4.69) is 5.32 Å². The van der Waals surface area contributed by atoms with E-state index in [9.17, 15) is 9.90 Å². The molecule has 4 nitrogen and oxygen atoms in total. The molecule has 2 N–H and O–H groups in total. The van der Waals surface area contributed by atoms with E-state index < -0.39 is 6.10 Å².